The molecule has 0 aliphatic rings. The predicted octanol–water partition coefficient (Wildman–Crippen LogP) is 3.96. The lowest BCUT2D eigenvalue weighted by atomic mass is 10.1. The van der Waals surface area contributed by atoms with Crippen LogP contribution in [0.1, 0.15) is 47.7 Å². The number of amides is 1. The summed E-state index contributed by atoms with van der Waals surface area (Å²) in [6.45, 7) is 3.57. The van der Waals surface area contributed by atoms with Crippen LogP contribution in [0.3, 0.4) is 0 Å². The molecule has 3 rings (SSSR count). The Labute approximate surface area is 187 Å². The summed E-state index contributed by atoms with van der Waals surface area (Å²) in [5.74, 6) is 0.506. The van der Waals surface area contributed by atoms with Crippen LogP contribution in [-0.4, -0.2) is 22.9 Å². The van der Waals surface area contributed by atoms with Gasteiger partial charge in [-0.2, -0.15) is 0 Å². The molecule has 6 heteroatoms. The lowest BCUT2D eigenvalue weighted by Crippen LogP contribution is -2.23. The number of carbonyl (C=O) groups is 2. The van der Waals surface area contributed by atoms with Crippen LogP contribution in [0.5, 0.6) is 5.75 Å². The van der Waals surface area contributed by atoms with Crippen LogP contribution >= 0.6 is 0 Å². The maximum atomic E-state index is 12.3. The number of aromatic nitrogens is 1. The van der Waals surface area contributed by atoms with Gasteiger partial charge >= 0.3 is 0 Å². The fourth-order valence-electron chi connectivity index (χ4n) is 3.17. The Hall–Kier alpha value is -3.67. The Kier molecular flexibility index (Phi) is 8.37. The summed E-state index contributed by atoms with van der Waals surface area (Å²) in [7, 11) is 0. The Morgan fingerprint density at radius 3 is 2.31 bits per heavy atom. The van der Waals surface area contributed by atoms with Crippen LogP contribution in [0.4, 0.5) is 0 Å². The van der Waals surface area contributed by atoms with Crippen molar-refractivity contribution in [2.75, 3.05) is 6.61 Å². The maximum Gasteiger partial charge on any atom is 0.250 e. The number of carbonyl (C=O) groups excluding carboxylic acids is 2. The molecule has 0 bridgehead atoms. The van der Waals surface area contributed by atoms with Crippen LogP contribution in [0.25, 0.3) is 0 Å². The molecular formula is C26H28N2O4. The summed E-state index contributed by atoms with van der Waals surface area (Å²) in [5, 5.41) is 2.85. The molecule has 6 nitrogen and oxygen atoms in total. The van der Waals surface area contributed by atoms with Gasteiger partial charge in [0.05, 0.1) is 13.2 Å². The Bertz CT molecular complexity index is 1090. The highest BCUT2D eigenvalue weighted by Gasteiger charge is 2.10. The molecule has 1 aromatic heterocycles. The zero-order chi connectivity index (χ0) is 22.8. The molecule has 0 saturated carbocycles. The van der Waals surface area contributed by atoms with Gasteiger partial charge in [0.1, 0.15) is 5.75 Å². The van der Waals surface area contributed by atoms with Gasteiger partial charge in [-0.3, -0.25) is 14.4 Å². The molecule has 3 aromatic rings. The van der Waals surface area contributed by atoms with Gasteiger partial charge in [0.2, 0.25) is 5.91 Å². The topological polar surface area (TPSA) is 77.4 Å². The van der Waals surface area contributed by atoms with Gasteiger partial charge in [-0.25, -0.2) is 0 Å². The monoisotopic (exact) mass is 432 g/mol. The molecule has 0 atom stereocenters. The highest BCUT2D eigenvalue weighted by atomic mass is 16.5. The molecule has 32 heavy (non-hydrogen) atoms. The van der Waals surface area contributed by atoms with Crippen LogP contribution in [0, 0.1) is 0 Å². The third kappa shape index (κ3) is 6.94. The summed E-state index contributed by atoms with van der Waals surface area (Å²) in [4.78, 5) is 36.3. The van der Waals surface area contributed by atoms with Crippen molar-refractivity contribution in [1.29, 1.82) is 0 Å². The average Bonchev–Trinajstić information content (AvgIpc) is 2.82. The molecule has 0 aliphatic carbocycles. The summed E-state index contributed by atoms with van der Waals surface area (Å²) in [6.07, 6.45) is 2.98. The number of rotatable bonds is 11. The molecule has 1 heterocycles. The zero-order valence-electron chi connectivity index (χ0n) is 18.3. The lowest BCUT2D eigenvalue weighted by Gasteiger charge is -2.08. The third-order valence-electron chi connectivity index (χ3n) is 4.99. The van der Waals surface area contributed by atoms with Crippen LogP contribution in [0.2, 0.25) is 0 Å². The van der Waals surface area contributed by atoms with E-state index in [4.69, 9.17) is 4.74 Å². The molecule has 0 fully saturated rings. The molecule has 2 aromatic carbocycles. The van der Waals surface area contributed by atoms with E-state index in [2.05, 4.69) is 5.32 Å². The number of hydrogen-bond donors (Lipinski definition) is 1. The normalized spacial score (nSPS) is 10.5. The van der Waals surface area contributed by atoms with Gasteiger partial charge in [0, 0.05) is 37.2 Å². The van der Waals surface area contributed by atoms with Crippen molar-refractivity contribution in [2.45, 2.75) is 39.3 Å². The van der Waals surface area contributed by atoms with Gasteiger partial charge in [0.25, 0.3) is 5.56 Å². The van der Waals surface area contributed by atoms with Gasteiger partial charge in [-0.1, -0.05) is 37.3 Å². The van der Waals surface area contributed by atoms with Crippen molar-refractivity contribution in [3.8, 4) is 5.75 Å². The zero-order valence-corrected chi connectivity index (χ0v) is 18.3. The van der Waals surface area contributed by atoms with E-state index in [0.29, 0.717) is 25.3 Å². The fraction of sp³-hybridized carbons (Fsp3) is 0.269. The van der Waals surface area contributed by atoms with Crippen molar-refractivity contribution in [1.82, 2.24) is 9.88 Å². The molecule has 0 radical (unpaired) electrons. The Morgan fingerprint density at radius 1 is 0.906 bits per heavy atom. The SMILES string of the molecule is CCCOc1ccc(C(=O)CCC(=O)NCc2ccc(Cn3ccccc3=O)cc2)cc1. The lowest BCUT2D eigenvalue weighted by molar-refractivity contribution is -0.121. The molecule has 1 N–H and O–H groups in total. The Morgan fingerprint density at radius 2 is 1.62 bits per heavy atom. The van der Waals surface area contributed by atoms with E-state index in [1.54, 1.807) is 41.1 Å². The van der Waals surface area contributed by atoms with Gasteiger partial charge in [-0.15, -0.1) is 0 Å². The van der Waals surface area contributed by atoms with Gasteiger partial charge in [-0.05, 0) is 47.9 Å². The van der Waals surface area contributed by atoms with Crippen molar-refractivity contribution in [2.24, 2.45) is 0 Å². The van der Waals surface area contributed by atoms with E-state index in [9.17, 15) is 14.4 Å². The first-order valence-electron chi connectivity index (χ1n) is 10.8. The number of ketones is 1. The van der Waals surface area contributed by atoms with E-state index in [-0.39, 0.29) is 30.1 Å². The Balaban J connectivity index is 1.42. The number of pyridine rings is 1. The maximum absolute atomic E-state index is 12.3. The largest absolute Gasteiger partial charge is 0.494 e. The van der Waals surface area contributed by atoms with E-state index < -0.39 is 0 Å². The fourth-order valence-corrected chi connectivity index (χ4v) is 3.17. The minimum Gasteiger partial charge on any atom is -0.494 e. The molecule has 1 amide bonds. The number of Topliss-reactive ketones (excluding diaryl/α,β-unsaturated/α-hetero) is 1. The van der Waals surface area contributed by atoms with Crippen molar-refractivity contribution in [3.05, 3.63) is 100.0 Å². The molecule has 166 valence electrons. The molecule has 0 saturated heterocycles. The predicted molar refractivity (Wildman–Crippen MR) is 124 cm³/mol. The quantitative estimate of drug-likeness (QED) is 0.465. The molecular weight excluding hydrogens is 404 g/mol. The number of nitrogens with zero attached hydrogens (tertiary/aromatic N) is 1. The number of ether oxygens (including phenoxy) is 1. The van der Waals surface area contributed by atoms with E-state index in [0.717, 1.165) is 23.3 Å². The summed E-state index contributed by atoms with van der Waals surface area (Å²) in [5.41, 5.74) is 2.50. The minimum absolute atomic E-state index is 0.0424. The highest BCUT2D eigenvalue weighted by Crippen LogP contribution is 2.14. The minimum atomic E-state index is -0.166. The van der Waals surface area contributed by atoms with Gasteiger partial charge in [0.15, 0.2) is 5.78 Å². The smallest absolute Gasteiger partial charge is 0.250 e. The second-order valence-corrected chi connectivity index (χ2v) is 7.56. The summed E-state index contributed by atoms with van der Waals surface area (Å²) >= 11 is 0. The number of hydrogen-bond acceptors (Lipinski definition) is 4. The summed E-state index contributed by atoms with van der Waals surface area (Å²) < 4.78 is 7.15. The molecule has 0 spiro atoms. The van der Waals surface area contributed by atoms with E-state index >= 15 is 0 Å². The standard InChI is InChI=1S/C26H28N2O4/c1-2-17-32-23-12-10-22(11-13-23)24(29)14-15-25(30)27-18-20-6-8-21(9-7-20)19-28-16-4-3-5-26(28)31/h3-13,16H,2,14-15,17-19H2,1H3,(H,27,30). The van der Waals surface area contributed by atoms with Crippen molar-refractivity contribution < 1.29 is 14.3 Å². The second kappa shape index (κ2) is 11.6. The van der Waals surface area contributed by atoms with Crippen molar-refractivity contribution in [3.63, 3.8) is 0 Å². The van der Waals surface area contributed by atoms with Crippen molar-refractivity contribution >= 4 is 11.7 Å². The van der Waals surface area contributed by atoms with Crippen LogP contribution in [0.15, 0.2) is 77.7 Å². The average molecular weight is 433 g/mol. The molecule has 0 aliphatic heterocycles. The first-order valence-corrected chi connectivity index (χ1v) is 10.8. The van der Waals surface area contributed by atoms with E-state index in [1.165, 1.54) is 6.07 Å². The highest BCUT2D eigenvalue weighted by molar-refractivity contribution is 5.98. The second-order valence-electron chi connectivity index (χ2n) is 7.56. The van der Waals surface area contributed by atoms with Gasteiger partial charge < -0.3 is 14.6 Å². The van der Waals surface area contributed by atoms with Crippen LogP contribution < -0.4 is 15.6 Å². The third-order valence-corrected chi connectivity index (χ3v) is 4.99. The van der Waals surface area contributed by atoms with E-state index in [1.807, 2.05) is 37.3 Å². The summed E-state index contributed by atoms with van der Waals surface area (Å²) in [6, 6.07) is 19.8. The first kappa shape index (κ1) is 23.0. The van der Waals surface area contributed by atoms with Crippen LogP contribution in [-0.2, 0) is 17.9 Å². The number of benzene rings is 2. The number of nitrogens with one attached hydrogen (secondary N) is 1. The molecule has 0 unspecified atom stereocenters. The first-order chi connectivity index (χ1) is 15.5.